The first kappa shape index (κ1) is 35.7. The number of hydrogen-bond acceptors (Lipinski definition) is 7. The van der Waals surface area contributed by atoms with Crippen molar-refractivity contribution in [1.82, 2.24) is 10.3 Å². The number of cyclic esters (lactones) is 1. The molecule has 0 bridgehead atoms. The normalized spacial score (nSPS) is 24.6. The van der Waals surface area contributed by atoms with Crippen LogP contribution < -0.4 is 5.32 Å². The Morgan fingerprint density at radius 2 is 2.07 bits per heavy atom. The molecule has 3 rings (SSSR count). The van der Waals surface area contributed by atoms with Crippen LogP contribution in [0.3, 0.4) is 0 Å². The second-order valence-corrected chi connectivity index (χ2v) is 14.0. The quantitative estimate of drug-likeness (QED) is 0.0682. The molecule has 2 aliphatic rings. The number of nitrogens with one attached hydrogen (secondary N) is 1. The summed E-state index contributed by atoms with van der Waals surface area (Å²) in [4.78, 5) is 28.7. The van der Waals surface area contributed by atoms with Crippen molar-refractivity contribution in [3.63, 3.8) is 0 Å². The van der Waals surface area contributed by atoms with Gasteiger partial charge in [0.05, 0.1) is 18.2 Å². The number of carbonyl (C=O) groups excluding carboxylic acids is 2. The highest BCUT2D eigenvalue weighted by Gasteiger charge is 2.31. The van der Waals surface area contributed by atoms with Crippen molar-refractivity contribution in [2.75, 3.05) is 5.75 Å². The van der Waals surface area contributed by atoms with E-state index in [2.05, 4.69) is 68.4 Å². The van der Waals surface area contributed by atoms with Crippen molar-refractivity contribution in [1.29, 1.82) is 0 Å². The van der Waals surface area contributed by atoms with Crippen molar-refractivity contribution < 1.29 is 19.1 Å². The van der Waals surface area contributed by atoms with Gasteiger partial charge in [-0.3, -0.25) is 4.79 Å². The molecule has 44 heavy (non-hydrogen) atoms. The summed E-state index contributed by atoms with van der Waals surface area (Å²) in [5.74, 6) is 1.25. The van der Waals surface area contributed by atoms with E-state index in [9.17, 15) is 9.59 Å². The minimum absolute atomic E-state index is 0.0283. The van der Waals surface area contributed by atoms with Crippen LogP contribution in [-0.4, -0.2) is 47.0 Å². The highest BCUT2D eigenvalue weighted by Crippen LogP contribution is 2.30. The van der Waals surface area contributed by atoms with E-state index in [1.54, 1.807) is 27.8 Å². The van der Waals surface area contributed by atoms with E-state index in [1.165, 1.54) is 11.6 Å². The van der Waals surface area contributed by atoms with E-state index in [0.717, 1.165) is 29.9 Å². The van der Waals surface area contributed by atoms with Crippen LogP contribution in [0.25, 0.3) is 0 Å². The second-order valence-electron chi connectivity index (χ2n) is 11.6. The third kappa shape index (κ3) is 13.4. The number of esters is 1. The number of hydrogen-bond donors (Lipinski definition) is 1. The minimum Gasteiger partial charge on any atom is -0.455 e. The van der Waals surface area contributed by atoms with Gasteiger partial charge in [0.15, 0.2) is 0 Å². The van der Waals surface area contributed by atoms with Gasteiger partial charge in [-0.15, -0.1) is 0 Å². The molecule has 1 aromatic heterocycles. The molecule has 1 amide bonds. The molecular weight excluding hydrogens is 589 g/mol. The Morgan fingerprint density at radius 3 is 2.82 bits per heavy atom. The molecule has 0 spiro atoms. The van der Waals surface area contributed by atoms with Gasteiger partial charge in [0.25, 0.3) is 0 Å². The smallest absolute Gasteiger partial charge is 0.331 e. The Kier molecular flexibility index (Phi) is 15.8. The summed E-state index contributed by atoms with van der Waals surface area (Å²) in [6, 6.07) is 5.64. The van der Waals surface area contributed by atoms with Crippen LogP contribution in [0.5, 0.6) is 0 Å². The van der Waals surface area contributed by atoms with Gasteiger partial charge in [-0.25, -0.2) is 9.78 Å². The first-order chi connectivity index (χ1) is 21.2. The molecule has 3 heterocycles. The highest BCUT2D eigenvalue weighted by molar-refractivity contribution is 8.76. The van der Waals surface area contributed by atoms with Crippen LogP contribution in [0.15, 0.2) is 101 Å². The molecule has 1 fully saturated rings. The summed E-state index contributed by atoms with van der Waals surface area (Å²) in [7, 11) is 3.23. The molecule has 0 aromatic carbocycles. The molecule has 0 saturated carbocycles. The Morgan fingerprint density at radius 1 is 1.23 bits per heavy atom. The lowest BCUT2D eigenvalue weighted by Gasteiger charge is -2.37. The molecule has 1 aromatic rings. The molecule has 1 N–H and O–H groups in total. The Bertz CT molecular complexity index is 1240. The number of aromatic nitrogens is 1. The summed E-state index contributed by atoms with van der Waals surface area (Å²) in [6.07, 6.45) is 25.6. The lowest BCUT2D eigenvalue weighted by atomic mass is 9.90. The molecule has 8 heteroatoms. The molecule has 0 aliphatic carbocycles. The SMILES string of the molecule is C/C=C/[C@@H]1O[C@H](C(/C=C/C=C(\C)CC(C)/C=C(C)\C=C\[C@H]2CC=CC(=O)O2)NC(=O)CCSSc2ccccn2)CC[C@@H]1C. The molecular formula is C36H48N2O4S2. The summed E-state index contributed by atoms with van der Waals surface area (Å²) >= 11 is 0. The lowest BCUT2D eigenvalue weighted by molar-refractivity contribution is -0.141. The van der Waals surface area contributed by atoms with Gasteiger partial charge in [0, 0.05) is 30.9 Å². The first-order valence-electron chi connectivity index (χ1n) is 15.6. The number of amides is 1. The topological polar surface area (TPSA) is 77.5 Å². The fraction of sp³-hybridized carbons (Fsp3) is 0.472. The average Bonchev–Trinajstić information content (AvgIpc) is 2.99. The van der Waals surface area contributed by atoms with Gasteiger partial charge in [-0.2, -0.15) is 0 Å². The number of rotatable bonds is 15. The molecule has 238 valence electrons. The van der Waals surface area contributed by atoms with Crippen molar-refractivity contribution in [3.05, 3.63) is 96.3 Å². The molecule has 6 nitrogen and oxygen atoms in total. The van der Waals surface area contributed by atoms with Crippen LogP contribution >= 0.6 is 21.6 Å². The van der Waals surface area contributed by atoms with Gasteiger partial charge in [0.2, 0.25) is 5.91 Å². The first-order valence-corrected chi connectivity index (χ1v) is 17.9. The zero-order valence-electron chi connectivity index (χ0n) is 26.7. The third-order valence-corrected chi connectivity index (χ3v) is 9.73. The number of nitrogens with zero attached hydrogens (tertiary/aromatic N) is 1. The van der Waals surface area contributed by atoms with Crippen molar-refractivity contribution in [2.24, 2.45) is 11.8 Å². The number of allylic oxidation sites excluding steroid dienone is 7. The minimum atomic E-state index is -0.284. The summed E-state index contributed by atoms with van der Waals surface area (Å²) < 4.78 is 11.8. The largest absolute Gasteiger partial charge is 0.455 e. The fourth-order valence-corrected chi connectivity index (χ4v) is 7.10. The summed E-state index contributed by atoms with van der Waals surface area (Å²) in [5.41, 5.74) is 2.40. The molecule has 2 aliphatic heterocycles. The monoisotopic (exact) mass is 636 g/mol. The van der Waals surface area contributed by atoms with E-state index < -0.39 is 0 Å². The Balaban J connectivity index is 1.57. The van der Waals surface area contributed by atoms with Gasteiger partial charge in [-0.05, 0) is 80.9 Å². The van der Waals surface area contributed by atoms with Gasteiger partial charge in [0.1, 0.15) is 11.1 Å². The maximum Gasteiger partial charge on any atom is 0.331 e. The third-order valence-electron chi connectivity index (χ3n) is 7.46. The zero-order chi connectivity index (χ0) is 31.7. The lowest BCUT2D eigenvalue weighted by Crippen LogP contribution is -2.47. The standard InChI is InChI=1S/C36H48N2O4S2/c1-6-11-32-29(5)18-20-33(42-32)31(38-34(39)21-23-43-44-35-15-7-8-22-37-35)14-9-12-26(2)24-28(4)25-27(3)17-19-30-13-10-16-36(40)41-30/h6-12,14-17,19,22,25,28-33H,13,18,20-21,23-24H2,1-5H3,(H,38,39)/b11-6+,14-9+,19-17+,26-12+,27-25-/t28?,29-,30+,31?,32-,33-/m0/s1. The Labute approximate surface area is 272 Å². The van der Waals surface area contributed by atoms with Crippen LogP contribution in [0, 0.1) is 11.8 Å². The van der Waals surface area contributed by atoms with Crippen LogP contribution in [0.1, 0.15) is 66.7 Å². The predicted molar refractivity (Wildman–Crippen MR) is 184 cm³/mol. The maximum absolute atomic E-state index is 13.0. The van der Waals surface area contributed by atoms with Gasteiger partial charge >= 0.3 is 5.97 Å². The van der Waals surface area contributed by atoms with Crippen molar-refractivity contribution in [3.8, 4) is 0 Å². The van der Waals surface area contributed by atoms with E-state index in [4.69, 9.17) is 9.47 Å². The number of ether oxygens (including phenoxy) is 2. The molecule has 2 unspecified atom stereocenters. The second kappa shape index (κ2) is 19.6. The Hall–Kier alpha value is -2.81. The van der Waals surface area contributed by atoms with E-state index in [-0.39, 0.29) is 36.2 Å². The average molecular weight is 637 g/mol. The zero-order valence-corrected chi connectivity index (χ0v) is 28.3. The fourth-order valence-electron chi connectivity index (χ4n) is 5.23. The predicted octanol–water partition coefficient (Wildman–Crippen LogP) is 8.36. The van der Waals surface area contributed by atoms with Crippen LogP contribution in [0.2, 0.25) is 0 Å². The maximum atomic E-state index is 13.0. The van der Waals surface area contributed by atoms with Crippen LogP contribution in [-0.2, 0) is 19.1 Å². The molecule has 1 saturated heterocycles. The molecule has 0 radical (unpaired) electrons. The van der Waals surface area contributed by atoms with Crippen molar-refractivity contribution in [2.45, 2.75) is 96.1 Å². The summed E-state index contributed by atoms with van der Waals surface area (Å²) in [6.45, 7) is 10.7. The van der Waals surface area contributed by atoms with Gasteiger partial charge in [-0.1, -0.05) is 90.5 Å². The highest BCUT2D eigenvalue weighted by atomic mass is 33.1. The number of pyridine rings is 1. The number of carbonyl (C=O) groups is 2. The van der Waals surface area contributed by atoms with Gasteiger partial charge < -0.3 is 14.8 Å². The van der Waals surface area contributed by atoms with E-state index >= 15 is 0 Å². The van der Waals surface area contributed by atoms with E-state index in [1.807, 2.05) is 49.4 Å². The van der Waals surface area contributed by atoms with Crippen molar-refractivity contribution >= 4 is 33.5 Å². The summed E-state index contributed by atoms with van der Waals surface area (Å²) in [5, 5.41) is 4.20. The van der Waals surface area contributed by atoms with E-state index in [0.29, 0.717) is 30.4 Å². The van der Waals surface area contributed by atoms with Crippen LogP contribution in [0.4, 0.5) is 0 Å². The molecule has 6 atom stereocenters.